The number of benzene rings is 1. The minimum Gasteiger partial charge on any atom is -0.460 e. The van der Waals surface area contributed by atoms with Gasteiger partial charge in [-0.3, -0.25) is 9.69 Å². The highest BCUT2D eigenvalue weighted by Gasteiger charge is 2.37. The van der Waals surface area contributed by atoms with E-state index in [1.807, 2.05) is 60.6 Å². The smallest absolute Gasteiger partial charge is 0.308 e. The quantitative estimate of drug-likeness (QED) is 0.351. The van der Waals surface area contributed by atoms with Gasteiger partial charge in [0.05, 0.1) is 18.6 Å². The number of halogens is 1. The molecule has 1 aliphatic rings. The molecule has 0 N–H and O–H groups in total. The standard InChI is InChI=1S/C23H36FNO4.C4H8O/c1-16(17-8-10-18(24)11-9-17)25(7)13-12-19-14-20(28-23(5,6)27-19)15-21(26)29-22(2,3)4;1-4(2)3-5/h8-11,16,19-20H,12-15H2,1-7H3;3-4H,1-2H3/t16?,19-,20?;/m1./s1. The average molecular weight is 482 g/mol. The van der Waals surface area contributed by atoms with Crippen molar-refractivity contribution in [2.24, 2.45) is 5.92 Å². The number of carbonyl (C=O) groups excluding carboxylic acids is 2. The molecule has 0 saturated carbocycles. The van der Waals surface area contributed by atoms with E-state index >= 15 is 0 Å². The van der Waals surface area contributed by atoms with Crippen LogP contribution in [0.3, 0.4) is 0 Å². The highest BCUT2D eigenvalue weighted by Crippen LogP contribution is 2.31. The summed E-state index contributed by atoms with van der Waals surface area (Å²) in [7, 11) is 2.05. The monoisotopic (exact) mass is 481 g/mol. The first-order chi connectivity index (χ1) is 15.6. The maximum absolute atomic E-state index is 13.2. The first-order valence-electron chi connectivity index (χ1n) is 12.1. The molecular formula is C27H44FNO5. The van der Waals surface area contributed by atoms with Crippen LogP contribution in [0.25, 0.3) is 0 Å². The van der Waals surface area contributed by atoms with Crippen molar-refractivity contribution < 1.29 is 28.2 Å². The molecule has 0 bridgehead atoms. The molecule has 0 aromatic heterocycles. The number of ether oxygens (including phenoxy) is 3. The summed E-state index contributed by atoms with van der Waals surface area (Å²) in [6.45, 7) is 16.0. The van der Waals surface area contributed by atoms with Crippen LogP contribution in [0.15, 0.2) is 24.3 Å². The van der Waals surface area contributed by atoms with Gasteiger partial charge >= 0.3 is 5.97 Å². The van der Waals surface area contributed by atoms with Gasteiger partial charge in [0.15, 0.2) is 5.79 Å². The molecule has 1 heterocycles. The molecule has 0 amide bonds. The number of hydrogen-bond acceptors (Lipinski definition) is 6. The average Bonchev–Trinajstić information content (AvgIpc) is 2.69. The van der Waals surface area contributed by atoms with Crippen LogP contribution in [0.2, 0.25) is 0 Å². The molecule has 2 rings (SSSR count). The van der Waals surface area contributed by atoms with Crippen molar-refractivity contribution in [1.29, 1.82) is 0 Å². The zero-order valence-corrected chi connectivity index (χ0v) is 22.4. The van der Waals surface area contributed by atoms with Crippen molar-refractivity contribution in [1.82, 2.24) is 4.90 Å². The van der Waals surface area contributed by atoms with Crippen molar-refractivity contribution in [3.63, 3.8) is 0 Å². The Morgan fingerprint density at radius 2 is 1.71 bits per heavy atom. The van der Waals surface area contributed by atoms with E-state index in [2.05, 4.69) is 18.9 Å². The molecule has 194 valence electrons. The van der Waals surface area contributed by atoms with Gasteiger partial charge < -0.3 is 19.0 Å². The molecule has 0 aliphatic carbocycles. The van der Waals surface area contributed by atoms with Crippen LogP contribution in [-0.4, -0.2) is 54.3 Å². The normalized spacial score (nSPS) is 20.9. The molecule has 2 unspecified atom stereocenters. The molecule has 0 radical (unpaired) electrons. The lowest BCUT2D eigenvalue weighted by Gasteiger charge is -2.41. The van der Waals surface area contributed by atoms with E-state index < -0.39 is 11.4 Å². The van der Waals surface area contributed by atoms with Crippen LogP contribution in [0.4, 0.5) is 4.39 Å². The predicted octanol–water partition coefficient (Wildman–Crippen LogP) is 5.69. The summed E-state index contributed by atoms with van der Waals surface area (Å²) >= 11 is 0. The van der Waals surface area contributed by atoms with E-state index in [0.29, 0.717) is 6.42 Å². The van der Waals surface area contributed by atoms with Gasteiger partial charge in [-0.05, 0) is 72.7 Å². The van der Waals surface area contributed by atoms with E-state index in [0.717, 1.165) is 24.8 Å². The van der Waals surface area contributed by atoms with Gasteiger partial charge in [0.2, 0.25) is 0 Å². The minimum absolute atomic E-state index is 0.00551. The van der Waals surface area contributed by atoms with Gasteiger partial charge in [-0.25, -0.2) is 4.39 Å². The largest absolute Gasteiger partial charge is 0.460 e. The molecule has 1 fully saturated rings. The SMILES string of the molecule is CC(C)C=O.CC(c1ccc(F)cc1)N(C)CC[C@@H]1CC(CC(=O)OC(C)(C)C)OC(C)(C)O1. The number of nitrogens with zero attached hydrogens (tertiary/aromatic N) is 1. The van der Waals surface area contributed by atoms with Gasteiger partial charge in [0, 0.05) is 24.9 Å². The molecule has 1 aliphatic heterocycles. The van der Waals surface area contributed by atoms with Crippen molar-refractivity contribution >= 4 is 12.3 Å². The number of rotatable bonds is 8. The Hall–Kier alpha value is -1.83. The third kappa shape index (κ3) is 12.0. The van der Waals surface area contributed by atoms with Crippen molar-refractivity contribution in [3.8, 4) is 0 Å². The first-order valence-corrected chi connectivity index (χ1v) is 12.1. The second kappa shape index (κ2) is 13.3. The zero-order chi connectivity index (χ0) is 26.1. The fourth-order valence-electron chi connectivity index (χ4n) is 3.63. The Balaban J connectivity index is 0.00000104. The summed E-state index contributed by atoms with van der Waals surface area (Å²) in [6, 6.07) is 6.79. The Kier molecular flexibility index (Phi) is 11.8. The Bertz CT molecular complexity index is 757. The lowest BCUT2D eigenvalue weighted by molar-refractivity contribution is -0.301. The fourth-order valence-corrected chi connectivity index (χ4v) is 3.63. The van der Waals surface area contributed by atoms with E-state index in [1.54, 1.807) is 0 Å². The second-order valence-electron chi connectivity index (χ2n) is 10.8. The third-order valence-corrected chi connectivity index (χ3v) is 5.33. The highest BCUT2D eigenvalue weighted by molar-refractivity contribution is 5.70. The Labute approximate surface area is 205 Å². The van der Waals surface area contributed by atoms with Crippen LogP contribution in [0.1, 0.15) is 86.3 Å². The maximum atomic E-state index is 13.2. The Morgan fingerprint density at radius 1 is 1.18 bits per heavy atom. The third-order valence-electron chi connectivity index (χ3n) is 5.33. The van der Waals surface area contributed by atoms with E-state index in [4.69, 9.17) is 14.2 Å². The summed E-state index contributed by atoms with van der Waals surface area (Å²) in [5.41, 5.74) is 0.570. The Morgan fingerprint density at radius 3 is 2.21 bits per heavy atom. The summed E-state index contributed by atoms with van der Waals surface area (Å²) < 4.78 is 30.6. The van der Waals surface area contributed by atoms with Gasteiger partial charge in [-0.1, -0.05) is 26.0 Å². The molecule has 1 aromatic carbocycles. The predicted molar refractivity (Wildman–Crippen MR) is 132 cm³/mol. The molecule has 7 heteroatoms. The van der Waals surface area contributed by atoms with Gasteiger partial charge in [0.1, 0.15) is 17.7 Å². The van der Waals surface area contributed by atoms with Crippen LogP contribution >= 0.6 is 0 Å². The summed E-state index contributed by atoms with van der Waals surface area (Å²) in [6.07, 6.45) is 2.39. The second-order valence-corrected chi connectivity index (χ2v) is 10.8. The van der Waals surface area contributed by atoms with Crippen LogP contribution in [-0.2, 0) is 23.8 Å². The van der Waals surface area contributed by atoms with E-state index in [9.17, 15) is 14.0 Å². The highest BCUT2D eigenvalue weighted by atomic mass is 19.1. The number of carbonyl (C=O) groups is 2. The molecule has 0 spiro atoms. The van der Waals surface area contributed by atoms with Crippen molar-refractivity contribution in [2.45, 2.75) is 104 Å². The van der Waals surface area contributed by atoms with E-state index in [1.165, 1.54) is 12.1 Å². The lowest BCUT2D eigenvalue weighted by Crippen LogP contribution is -2.46. The number of esters is 1. The van der Waals surface area contributed by atoms with Crippen LogP contribution in [0, 0.1) is 11.7 Å². The summed E-state index contributed by atoms with van der Waals surface area (Å²) in [5, 5.41) is 0. The van der Waals surface area contributed by atoms with Crippen molar-refractivity contribution in [2.75, 3.05) is 13.6 Å². The lowest BCUT2D eigenvalue weighted by atomic mass is 10.0. The van der Waals surface area contributed by atoms with Crippen LogP contribution < -0.4 is 0 Å². The summed E-state index contributed by atoms with van der Waals surface area (Å²) in [5.74, 6) is -1.01. The van der Waals surface area contributed by atoms with Gasteiger partial charge in [-0.15, -0.1) is 0 Å². The zero-order valence-electron chi connectivity index (χ0n) is 22.4. The molecular weight excluding hydrogens is 437 g/mol. The van der Waals surface area contributed by atoms with Gasteiger partial charge in [-0.2, -0.15) is 0 Å². The van der Waals surface area contributed by atoms with E-state index in [-0.39, 0.29) is 42.4 Å². The van der Waals surface area contributed by atoms with Gasteiger partial charge in [0.25, 0.3) is 0 Å². The fraction of sp³-hybridized carbons (Fsp3) is 0.704. The summed E-state index contributed by atoms with van der Waals surface area (Å²) in [4.78, 5) is 23.9. The van der Waals surface area contributed by atoms with Crippen LogP contribution in [0.5, 0.6) is 0 Å². The maximum Gasteiger partial charge on any atom is 0.308 e. The molecule has 1 aromatic rings. The molecule has 1 saturated heterocycles. The van der Waals surface area contributed by atoms with Crippen molar-refractivity contribution in [3.05, 3.63) is 35.6 Å². The molecule has 6 nitrogen and oxygen atoms in total. The number of hydrogen-bond donors (Lipinski definition) is 0. The number of aldehydes is 1. The minimum atomic E-state index is -0.739. The topological polar surface area (TPSA) is 65.1 Å². The molecule has 3 atom stereocenters. The first kappa shape index (κ1) is 30.2. The molecule has 34 heavy (non-hydrogen) atoms.